The van der Waals surface area contributed by atoms with Crippen LogP contribution in [0.1, 0.15) is 31.2 Å². The first kappa shape index (κ1) is 10.6. The highest BCUT2D eigenvalue weighted by Crippen LogP contribution is 2.25. The summed E-state index contributed by atoms with van der Waals surface area (Å²) in [5.41, 5.74) is 7.45. The Hall–Kier alpha value is -0.930. The fourth-order valence-electron chi connectivity index (χ4n) is 2.12. The van der Waals surface area contributed by atoms with Gasteiger partial charge in [-0.3, -0.25) is 4.98 Å². The van der Waals surface area contributed by atoms with Crippen LogP contribution in [0.4, 0.5) is 0 Å². The average molecular weight is 206 g/mol. The number of nitrogens with two attached hydrogens (primary N) is 1. The summed E-state index contributed by atoms with van der Waals surface area (Å²) in [7, 11) is 0. The van der Waals surface area contributed by atoms with Gasteiger partial charge < -0.3 is 10.5 Å². The summed E-state index contributed by atoms with van der Waals surface area (Å²) in [6.45, 7) is 3.02. The number of nitrogens with zero attached hydrogens (tertiary/aromatic N) is 1. The van der Waals surface area contributed by atoms with Gasteiger partial charge >= 0.3 is 0 Å². The molecule has 1 aliphatic rings. The summed E-state index contributed by atoms with van der Waals surface area (Å²) in [4.78, 5) is 4.01. The fraction of sp³-hybridized carbons (Fsp3) is 0.583. The first-order chi connectivity index (χ1) is 7.29. The van der Waals surface area contributed by atoms with Crippen LogP contribution in [-0.2, 0) is 4.74 Å². The third-order valence-electron chi connectivity index (χ3n) is 3.20. The van der Waals surface area contributed by atoms with E-state index in [1.807, 2.05) is 24.5 Å². The van der Waals surface area contributed by atoms with Gasteiger partial charge in [-0.25, -0.2) is 0 Å². The van der Waals surface area contributed by atoms with E-state index in [0.717, 1.165) is 19.4 Å². The molecular weight excluding hydrogens is 188 g/mol. The van der Waals surface area contributed by atoms with Gasteiger partial charge in [-0.05, 0) is 36.5 Å². The predicted molar refractivity (Wildman–Crippen MR) is 59.6 cm³/mol. The Morgan fingerprint density at radius 2 is 2.20 bits per heavy atom. The van der Waals surface area contributed by atoms with Gasteiger partial charge in [-0.15, -0.1) is 0 Å². The Morgan fingerprint density at radius 3 is 2.80 bits per heavy atom. The Bertz CT molecular complexity index is 296. The molecule has 2 N–H and O–H groups in total. The summed E-state index contributed by atoms with van der Waals surface area (Å²) in [6.07, 6.45) is 6.09. The van der Waals surface area contributed by atoms with Crippen molar-refractivity contribution in [2.45, 2.75) is 37.8 Å². The quantitative estimate of drug-likeness (QED) is 0.818. The first-order valence-electron chi connectivity index (χ1n) is 5.56. The first-order valence-corrected chi connectivity index (χ1v) is 5.56. The molecule has 0 amide bonds. The molecule has 0 aromatic carbocycles. The number of rotatable bonds is 3. The second kappa shape index (κ2) is 4.73. The van der Waals surface area contributed by atoms with Crippen molar-refractivity contribution in [2.24, 2.45) is 5.73 Å². The van der Waals surface area contributed by atoms with E-state index >= 15 is 0 Å². The van der Waals surface area contributed by atoms with Crippen molar-refractivity contribution < 1.29 is 4.74 Å². The minimum Gasteiger partial charge on any atom is -0.377 e. The molecule has 0 saturated carbocycles. The van der Waals surface area contributed by atoms with E-state index in [4.69, 9.17) is 10.5 Å². The second-order valence-electron chi connectivity index (χ2n) is 4.20. The highest BCUT2D eigenvalue weighted by atomic mass is 16.5. The Morgan fingerprint density at radius 1 is 1.47 bits per heavy atom. The van der Waals surface area contributed by atoms with E-state index in [9.17, 15) is 0 Å². The largest absolute Gasteiger partial charge is 0.377 e. The maximum absolute atomic E-state index is 6.21. The van der Waals surface area contributed by atoms with E-state index in [2.05, 4.69) is 11.9 Å². The van der Waals surface area contributed by atoms with Crippen LogP contribution in [0, 0.1) is 0 Å². The molecule has 1 aromatic heterocycles. The highest BCUT2D eigenvalue weighted by Gasteiger charge is 2.27. The van der Waals surface area contributed by atoms with Crippen LogP contribution < -0.4 is 5.73 Å². The van der Waals surface area contributed by atoms with Crippen molar-refractivity contribution in [3.8, 4) is 0 Å². The lowest BCUT2D eigenvalue weighted by Gasteiger charge is -2.25. The van der Waals surface area contributed by atoms with Crippen LogP contribution in [0.2, 0.25) is 0 Å². The summed E-state index contributed by atoms with van der Waals surface area (Å²) in [6, 6.07) is 4.15. The van der Waals surface area contributed by atoms with Crippen molar-refractivity contribution in [1.29, 1.82) is 0 Å². The maximum Gasteiger partial charge on any atom is 0.0732 e. The van der Waals surface area contributed by atoms with E-state index in [1.165, 1.54) is 5.56 Å². The van der Waals surface area contributed by atoms with E-state index in [1.54, 1.807) is 0 Å². The average Bonchev–Trinajstić information content (AvgIpc) is 2.82. The number of ether oxygens (including phenoxy) is 1. The van der Waals surface area contributed by atoms with Crippen molar-refractivity contribution in [1.82, 2.24) is 4.98 Å². The molecule has 1 saturated heterocycles. The molecule has 0 radical (unpaired) electrons. The normalized spacial score (nSPS) is 25.1. The Balaban J connectivity index is 2.03. The second-order valence-corrected chi connectivity index (χ2v) is 4.20. The molecule has 0 bridgehead atoms. The molecule has 3 heteroatoms. The van der Waals surface area contributed by atoms with Crippen molar-refractivity contribution in [3.63, 3.8) is 0 Å². The molecule has 0 aliphatic carbocycles. The lowest BCUT2D eigenvalue weighted by molar-refractivity contribution is 0.0836. The van der Waals surface area contributed by atoms with Gasteiger partial charge in [0.25, 0.3) is 0 Å². The van der Waals surface area contributed by atoms with Crippen LogP contribution in [0.15, 0.2) is 24.5 Å². The molecule has 3 nitrogen and oxygen atoms in total. The third-order valence-corrected chi connectivity index (χ3v) is 3.20. The van der Waals surface area contributed by atoms with Crippen LogP contribution >= 0.6 is 0 Å². The predicted octanol–water partition coefficient (Wildman–Crippen LogP) is 1.69. The van der Waals surface area contributed by atoms with Crippen molar-refractivity contribution in [3.05, 3.63) is 30.1 Å². The molecule has 2 rings (SSSR count). The van der Waals surface area contributed by atoms with Crippen molar-refractivity contribution >= 4 is 0 Å². The topological polar surface area (TPSA) is 48.1 Å². The highest BCUT2D eigenvalue weighted by molar-refractivity contribution is 5.17. The lowest BCUT2D eigenvalue weighted by Crippen LogP contribution is -2.38. The molecule has 1 fully saturated rings. The SMILES string of the molecule is CC(c1ccncc1)C(N)C1CCCO1. The zero-order chi connectivity index (χ0) is 10.7. The minimum absolute atomic E-state index is 0.0925. The number of hydrogen-bond acceptors (Lipinski definition) is 3. The van der Waals surface area contributed by atoms with E-state index in [0.29, 0.717) is 5.92 Å². The molecule has 0 spiro atoms. The molecule has 1 aliphatic heterocycles. The summed E-state index contributed by atoms with van der Waals surface area (Å²) in [5.74, 6) is 0.330. The number of hydrogen-bond donors (Lipinski definition) is 1. The van der Waals surface area contributed by atoms with Gasteiger partial charge in [0.15, 0.2) is 0 Å². The fourth-order valence-corrected chi connectivity index (χ4v) is 2.12. The van der Waals surface area contributed by atoms with Gasteiger partial charge in [0, 0.05) is 25.0 Å². The molecule has 3 atom stereocenters. The number of aromatic nitrogens is 1. The minimum atomic E-state index is 0.0925. The van der Waals surface area contributed by atoms with Crippen molar-refractivity contribution in [2.75, 3.05) is 6.61 Å². The van der Waals surface area contributed by atoms with Gasteiger partial charge in [-0.1, -0.05) is 6.92 Å². The summed E-state index contributed by atoms with van der Waals surface area (Å²) in [5, 5.41) is 0. The molecule has 1 aromatic rings. The van der Waals surface area contributed by atoms with Gasteiger partial charge in [0.05, 0.1) is 6.10 Å². The standard InChI is InChI=1S/C12H18N2O/c1-9(10-4-6-14-7-5-10)12(13)11-3-2-8-15-11/h4-7,9,11-12H,2-3,8,13H2,1H3. The van der Waals surface area contributed by atoms with Gasteiger partial charge in [0.1, 0.15) is 0 Å². The van der Waals surface area contributed by atoms with Crippen LogP contribution in [0.3, 0.4) is 0 Å². The monoisotopic (exact) mass is 206 g/mol. The maximum atomic E-state index is 6.21. The Labute approximate surface area is 90.7 Å². The number of pyridine rings is 1. The van der Waals surface area contributed by atoms with Gasteiger partial charge in [-0.2, -0.15) is 0 Å². The molecule has 3 unspecified atom stereocenters. The summed E-state index contributed by atoms with van der Waals surface area (Å²) >= 11 is 0. The van der Waals surface area contributed by atoms with E-state index < -0.39 is 0 Å². The van der Waals surface area contributed by atoms with Crippen LogP contribution in [0.5, 0.6) is 0 Å². The van der Waals surface area contributed by atoms with Crippen LogP contribution in [-0.4, -0.2) is 23.7 Å². The Kier molecular flexibility index (Phi) is 3.34. The van der Waals surface area contributed by atoms with Gasteiger partial charge in [0.2, 0.25) is 0 Å². The zero-order valence-corrected chi connectivity index (χ0v) is 9.10. The third kappa shape index (κ3) is 2.36. The summed E-state index contributed by atoms with van der Waals surface area (Å²) < 4.78 is 5.62. The molecule has 2 heterocycles. The molecule has 15 heavy (non-hydrogen) atoms. The molecule has 82 valence electrons. The lowest BCUT2D eigenvalue weighted by atomic mass is 9.90. The van der Waals surface area contributed by atoms with E-state index in [-0.39, 0.29) is 12.1 Å². The van der Waals surface area contributed by atoms with Crippen LogP contribution in [0.25, 0.3) is 0 Å². The zero-order valence-electron chi connectivity index (χ0n) is 9.10. The molecular formula is C12H18N2O. The smallest absolute Gasteiger partial charge is 0.0732 e.